The van der Waals surface area contributed by atoms with Crippen LogP contribution in [0.4, 0.5) is 0 Å². The molecule has 0 radical (unpaired) electrons. The molecule has 0 unspecified atom stereocenters. The summed E-state index contributed by atoms with van der Waals surface area (Å²) in [5.74, 6) is 0. The Balaban J connectivity index is 2.58. The van der Waals surface area contributed by atoms with E-state index in [0.29, 0.717) is 0 Å². The van der Waals surface area contributed by atoms with E-state index in [1.165, 1.54) is 11.3 Å². The first-order valence-corrected chi connectivity index (χ1v) is 4.72. The van der Waals surface area contributed by atoms with Crippen LogP contribution in [-0.2, 0) is 6.42 Å². The van der Waals surface area contributed by atoms with Gasteiger partial charge in [0, 0.05) is 34.9 Å². The average Bonchev–Trinajstić information content (AvgIpc) is 2.07. The maximum absolute atomic E-state index is 4.37. The minimum atomic E-state index is 0.882. The standard InChI is InChI=1S/C9H9BrN2/c1-6-8-4-7(10)5-12-9(8)2-3-11-6/h4-5H,2-3H2,1H3. The van der Waals surface area contributed by atoms with Gasteiger partial charge in [0.2, 0.25) is 0 Å². The highest BCUT2D eigenvalue weighted by molar-refractivity contribution is 9.10. The van der Waals surface area contributed by atoms with E-state index in [1.54, 1.807) is 0 Å². The van der Waals surface area contributed by atoms with Gasteiger partial charge in [0.25, 0.3) is 0 Å². The maximum Gasteiger partial charge on any atom is 0.0513 e. The van der Waals surface area contributed by atoms with Gasteiger partial charge in [0.05, 0.1) is 5.69 Å². The van der Waals surface area contributed by atoms with Crippen molar-refractivity contribution >= 4 is 21.6 Å². The number of nitrogens with zero attached hydrogens (tertiary/aromatic N) is 2. The van der Waals surface area contributed by atoms with Crippen LogP contribution in [0.25, 0.3) is 0 Å². The van der Waals surface area contributed by atoms with Crippen LogP contribution in [0.5, 0.6) is 0 Å². The van der Waals surface area contributed by atoms with Crippen LogP contribution < -0.4 is 0 Å². The molecule has 0 bridgehead atoms. The highest BCUT2D eigenvalue weighted by atomic mass is 79.9. The second-order valence-electron chi connectivity index (χ2n) is 2.86. The molecule has 1 aromatic rings. The van der Waals surface area contributed by atoms with Gasteiger partial charge in [-0.15, -0.1) is 0 Å². The molecule has 0 aliphatic carbocycles. The van der Waals surface area contributed by atoms with Crippen molar-refractivity contribution in [2.24, 2.45) is 4.99 Å². The van der Waals surface area contributed by atoms with Crippen LogP contribution in [0.1, 0.15) is 18.2 Å². The Bertz CT molecular complexity index is 344. The summed E-state index contributed by atoms with van der Waals surface area (Å²) < 4.78 is 1.03. The topological polar surface area (TPSA) is 25.2 Å². The molecule has 12 heavy (non-hydrogen) atoms. The van der Waals surface area contributed by atoms with Gasteiger partial charge < -0.3 is 0 Å². The maximum atomic E-state index is 4.37. The first-order valence-electron chi connectivity index (χ1n) is 3.93. The zero-order valence-corrected chi connectivity index (χ0v) is 8.43. The lowest BCUT2D eigenvalue weighted by Crippen LogP contribution is -2.11. The van der Waals surface area contributed by atoms with Crippen molar-refractivity contribution in [1.29, 1.82) is 0 Å². The smallest absolute Gasteiger partial charge is 0.0513 e. The number of halogens is 1. The summed E-state index contributed by atoms with van der Waals surface area (Å²) in [7, 11) is 0. The van der Waals surface area contributed by atoms with Gasteiger partial charge in [0.15, 0.2) is 0 Å². The molecule has 1 aliphatic rings. The van der Waals surface area contributed by atoms with E-state index in [1.807, 2.05) is 13.1 Å². The minimum Gasteiger partial charge on any atom is -0.289 e. The van der Waals surface area contributed by atoms with E-state index in [-0.39, 0.29) is 0 Å². The highest BCUT2D eigenvalue weighted by Crippen LogP contribution is 2.18. The third-order valence-corrected chi connectivity index (χ3v) is 2.46. The lowest BCUT2D eigenvalue weighted by atomic mass is 10.0. The third kappa shape index (κ3) is 1.29. The lowest BCUT2D eigenvalue weighted by molar-refractivity contribution is 0.895. The van der Waals surface area contributed by atoms with Crippen LogP contribution in [0.15, 0.2) is 21.7 Å². The summed E-state index contributed by atoms with van der Waals surface area (Å²) in [5, 5.41) is 0. The average molecular weight is 225 g/mol. The molecule has 2 rings (SSSR count). The van der Waals surface area contributed by atoms with Crippen LogP contribution in [0.3, 0.4) is 0 Å². The quantitative estimate of drug-likeness (QED) is 0.664. The summed E-state index contributed by atoms with van der Waals surface area (Å²) in [6.45, 7) is 2.92. The Morgan fingerprint density at radius 3 is 3.17 bits per heavy atom. The van der Waals surface area contributed by atoms with Gasteiger partial charge in [-0.05, 0) is 28.9 Å². The van der Waals surface area contributed by atoms with Crippen molar-refractivity contribution in [1.82, 2.24) is 4.98 Å². The van der Waals surface area contributed by atoms with Crippen molar-refractivity contribution < 1.29 is 0 Å². The van der Waals surface area contributed by atoms with E-state index < -0.39 is 0 Å². The van der Waals surface area contributed by atoms with E-state index >= 15 is 0 Å². The molecule has 0 saturated carbocycles. The van der Waals surface area contributed by atoms with Gasteiger partial charge in [0.1, 0.15) is 0 Å². The molecular formula is C9H9BrN2. The van der Waals surface area contributed by atoms with Crippen LogP contribution in [-0.4, -0.2) is 17.2 Å². The van der Waals surface area contributed by atoms with Crippen molar-refractivity contribution in [3.8, 4) is 0 Å². The first kappa shape index (κ1) is 7.92. The molecule has 0 fully saturated rings. The molecular weight excluding hydrogens is 216 g/mol. The normalized spacial score (nSPS) is 15.3. The zero-order chi connectivity index (χ0) is 8.55. The van der Waals surface area contributed by atoms with Crippen molar-refractivity contribution in [3.63, 3.8) is 0 Å². The summed E-state index contributed by atoms with van der Waals surface area (Å²) in [4.78, 5) is 8.71. The monoisotopic (exact) mass is 224 g/mol. The number of aromatic nitrogens is 1. The Hall–Kier alpha value is -0.700. The fraction of sp³-hybridized carbons (Fsp3) is 0.333. The van der Waals surface area contributed by atoms with Crippen LogP contribution >= 0.6 is 15.9 Å². The zero-order valence-electron chi connectivity index (χ0n) is 6.84. The molecule has 62 valence electrons. The summed E-state index contributed by atoms with van der Waals surface area (Å²) in [6, 6.07) is 2.08. The van der Waals surface area contributed by atoms with E-state index in [4.69, 9.17) is 0 Å². The van der Waals surface area contributed by atoms with Gasteiger partial charge >= 0.3 is 0 Å². The molecule has 0 N–H and O–H groups in total. The van der Waals surface area contributed by atoms with Gasteiger partial charge in [-0.3, -0.25) is 9.98 Å². The van der Waals surface area contributed by atoms with Crippen molar-refractivity contribution in [2.45, 2.75) is 13.3 Å². The lowest BCUT2D eigenvalue weighted by Gasteiger charge is -2.12. The largest absolute Gasteiger partial charge is 0.289 e. The van der Waals surface area contributed by atoms with E-state index in [2.05, 4.69) is 32.0 Å². The molecule has 2 heterocycles. The Morgan fingerprint density at radius 2 is 2.33 bits per heavy atom. The minimum absolute atomic E-state index is 0.882. The van der Waals surface area contributed by atoms with Gasteiger partial charge in [-0.25, -0.2) is 0 Å². The van der Waals surface area contributed by atoms with Gasteiger partial charge in [-0.2, -0.15) is 0 Å². The Morgan fingerprint density at radius 1 is 1.50 bits per heavy atom. The first-order chi connectivity index (χ1) is 5.77. The molecule has 3 heteroatoms. The molecule has 0 spiro atoms. The summed E-state index contributed by atoms with van der Waals surface area (Å²) in [6.07, 6.45) is 2.82. The predicted molar refractivity (Wildman–Crippen MR) is 52.7 cm³/mol. The molecule has 1 aromatic heterocycles. The number of rotatable bonds is 0. The third-order valence-electron chi connectivity index (χ3n) is 2.02. The van der Waals surface area contributed by atoms with E-state index in [0.717, 1.165) is 23.1 Å². The predicted octanol–water partition coefficient (Wildman–Crippen LogP) is 2.21. The van der Waals surface area contributed by atoms with Gasteiger partial charge in [-0.1, -0.05) is 0 Å². The number of aliphatic imine (C=N–C) groups is 1. The van der Waals surface area contributed by atoms with Crippen LogP contribution in [0.2, 0.25) is 0 Å². The molecule has 0 aromatic carbocycles. The molecule has 2 nitrogen and oxygen atoms in total. The summed E-state index contributed by atoms with van der Waals surface area (Å²) >= 11 is 3.40. The number of fused-ring (bicyclic) bond motifs is 1. The number of pyridine rings is 1. The Labute approximate surface area is 79.9 Å². The fourth-order valence-corrected chi connectivity index (χ4v) is 1.73. The second kappa shape index (κ2) is 2.98. The van der Waals surface area contributed by atoms with Crippen molar-refractivity contribution in [2.75, 3.05) is 6.54 Å². The molecule has 0 saturated heterocycles. The Kier molecular flexibility index (Phi) is 1.97. The molecule has 1 aliphatic heterocycles. The number of hydrogen-bond acceptors (Lipinski definition) is 2. The SMILES string of the molecule is CC1=NCCc2ncc(Br)cc21. The molecule has 0 amide bonds. The van der Waals surface area contributed by atoms with E-state index in [9.17, 15) is 0 Å². The fourth-order valence-electron chi connectivity index (χ4n) is 1.39. The second-order valence-corrected chi connectivity index (χ2v) is 3.78. The van der Waals surface area contributed by atoms with Crippen LogP contribution in [0, 0.1) is 0 Å². The highest BCUT2D eigenvalue weighted by Gasteiger charge is 2.11. The van der Waals surface area contributed by atoms with Crippen molar-refractivity contribution in [3.05, 3.63) is 28.0 Å². The summed E-state index contributed by atoms with van der Waals surface area (Å²) in [5.41, 5.74) is 3.46. The number of hydrogen-bond donors (Lipinski definition) is 0. The molecule has 0 atom stereocenters.